The van der Waals surface area contributed by atoms with Gasteiger partial charge in [-0.2, -0.15) is 0 Å². The number of rotatable bonds is 4. The van der Waals surface area contributed by atoms with E-state index in [4.69, 9.17) is 10.3 Å². The highest BCUT2D eigenvalue weighted by Gasteiger charge is 2.07. The molecule has 0 aliphatic rings. The maximum Gasteiger partial charge on any atom is 0.133 e. The summed E-state index contributed by atoms with van der Waals surface area (Å²) in [4.78, 5) is 2.02. The minimum Gasteiger partial charge on any atom is -0.399 e. The normalized spacial score (nSPS) is 11.1. The molecular formula is C13H16FN3O. The summed E-state index contributed by atoms with van der Waals surface area (Å²) in [5.74, 6) is 0.476. The maximum absolute atomic E-state index is 13.2. The summed E-state index contributed by atoms with van der Waals surface area (Å²) >= 11 is 0. The Balaban J connectivity index is 2.00. The Morgan fingerprint density at radius 3 is 2.67 bits per heavy atom. The summed E-state index contributed by atoms with van der Waals surface area (Å²) in [7, 11) is 1.94. The first-order valence-corrected chi connectivity index (χ1v) is 5.68. The van der Waals surface area contributed by atoms with Crippen LogP contribution in [0.5, 0.6) is 0 Å². The SMILES string of the molecule is Cc1cc(CN(C)Cc2cc(N)cc(F)c2)no1. The van der Waals surface area contributed by atoms with Crippen molar-refractivity contribution in [1.82, 2.24) is 10.1 Å². The van der Waals surface area contributed by atoms with Crippen molar-refractivity contribution >= 4 is 5.69 Å². The molecule has 0 unspecified atom stereocenters. The molecule has 2 rings (SSSR count). The third-order valence-corrected chi connectivity index (χ3v) is 2.54. The number of aromatic nitrogens is 1. The van der Waals surface area contributed by atoms with Gasteiger partial charge >= 0.3 is 0 Å². The van der Waals surface area contributed by atoms with Gasteiger partial charge in [0.1, 0.15) is 11.6 Å². The number of nitrogen functional groups attached to an aromatic ring is 1. The van der Waals surface area contributed by atoms with Crippen LogP contribution in [-0.4, -0.2) is 17.1 Å². The molecule has 0 atom stereocenters. The van der Waals surface area contributed by atoms with E-state index in [1.165, 1.54) is 12.1 Å². The molecule has 4 nitrogen and oxygen atoms in total. The summed E-state index contributed by atoms with van der Waals surface area (Å²) in [6, 6.07) is 6.45. The monoisotopic (exact) mass is 249 g/mol. The fourth-order valence-electron chi connectivity index (χ4n) is 1.90. The first kappa shape index (κ1) is 12.6. The molecule has 1 heterocycles. The number of anilines is 1. The van der Waals surface area contributed by atoms with Gasteiger partial charge in [-0.05, 0) is 37.7 Å². The molecule has 0 saturated carbocycles. The lowest BCUT2D eigenvalue weighted by Crippen LogP contribution is -2.17. The van der Waals surface area contributed by atoms with E-state index in [9.17, 15) is 4.39 Å². The molecule has 0 amide bonds. The van der Waals surface area contributed by atoms with Gasteiger partial charge in [-0.3, -0.25) is 4.90 Å². The van der Waals surface area contributed by atoms with Gasteiger partial charge < -0.3 is 10.3 Å². The van der Waals surface area contributed by atoms with Crippen molar-refractivity contribution in [2.75, 3.05) is 12.8 Å². The van der Waals surface area contributed by atoms with Gasteiger partial charge in [0.2, 0.25) is 0 Å². The van der Waals surface area contributed by atoms with Crippen molar-refractivity contribution < 1.29 is 8.91 Å². The zero-order chi connectivity index (χ0) is 13.1. The summed E-state index contributed by atoms with van der Waals surface area (Å²) < 4.78 is 18.2. The van der Waals surface area contributed by atoms with Crippen LogP contribution in [0.2, 0.25) is 0 Å². The number of hydrogen-bond acceptors (Lipinski definition) is 4. The van der Waals surface area contributed by atoms with Crippen LogP contribution in [-0.2, 0) is 13.1 Å². The first-order chi connectivity index (χ1) is 8.52. The van der Waals surface area contributed by atoms with Gasteiger partial charge in [0.05, 0.1) is 5.69 Å². The summed E-state index contributed by atoms with van der Waals surface area (Å²) in [5.41, 5.74) is 7.75. The Morgan fingerprint density at radius 1 is 1.28 bits per heavy atom. The molecule has 0 aliphatic heterocycles. The predicted molar refractivity (Wildman–Crippen MR) is 67.2 cm³/mol. The van der Waals surface area contributed by atoms with E-state index in [0.717, 1.165) is 17.0 Å². The van der Waals surface area contributed by atoms with Crippen LogP contribution in [0.4, 0.5) is 10.1 Å². The molecule has 5 heteroatoms. The molecule has 0 aliphatic carbocycles. The molecule has 1 aromatic carbocycles. The van der Waals surface area contributed by atoms with Crippen molar-refractivity contribution in [3.63, 3.8) is 0 Å². The van der Waals surface area contributed by atoms with E-state index in [1.54, 1.807) is 6.07 Å². The van der Waals surface area contributed by atoms with Crippen LogP contribution in [0, 0.1) is 12.7 Å². The average Bonchev–Trinajstić information content (AvgIpc) is 2.61. The van der Waals surface area contributed by atoms with Crippen LogP contribution in [0.1, 0.15) is 17.0 Å². The van der Waals surface area contributed by atoms with Gasteiger partial charge in [0.25, 0.3) is 0 Å². The van der Waals surface area contributed by atoms with Crippen LogP contribution >= 0.6 is 0 Å². The topological polar surface area (TPSA) is 55.3 Å². The van der Waals surface area contributed by atoms with Gasteiger partial charge in [-0.15, -0.1) is 0 Å². The van der Waals surface area contributed by atoms with Crippen LogP contribution in [0.25, 0.3) is 0 Å². The van der Waals surface area contributed by atoms with Crippen LogP contribution < -0.4 is 5.73 Å². The molecule has 0 spiro atoms. The molecule has 0 bridgehead atoms. The standard InChI is InChI=1S/C13H16FN3O/c1-9-3-13(16-18-9)8-17(2)7-10-4-11(14)6-12(15)5-10/h3-6H,7-8,15H2,1-2H3. The molecule has 1 aromatic heterocycles. The Hall–Kier alpha value is -1.88. The van der Waals surface area contributed by atoms with Gasteiger partial charge in [-0.25, -0.2) is 4.39 Å². The molecule has 0 fully saturated rings. The highest BCUT2D eigenvalue weighted by Crippen LogP contribution is 2.13. The minimum atomic E-state index is -0.310. The van der Waals surface area contributed by atoms with Crippen LogP contribution in [0.3, 0.4) is 0 Å². The van der Waals surface area contributed by atoms with Crippen molar-refractivity contribution in [3.05, 3.63) is 47.1 Å². The molecule has 2 N–H and O–H groups in total. The lowest BCUT2D eigenvalue weighted by atomic mass is 10.2. The Kier molecular flexibility index (Phi) is 3.62. The van der Waals surface area contributed by atoms with Crippen molar-refractivity contribution in [2.45, 2.75) is 20.0 Å². The number of aryl methyl sites for hydroxylation is 1. The van der Waals surface area contributed by atoms with Crippen molar-refractivity contribution in [1.29, 1.82) is 0 Å². The lowest BCUT2D eigenvalue weighted by molar-refractivity contribution is 0.301. The highest BCUT2D eigenvalue weighted by molar-refractivity contribution is 5.41. The molecule has 96 valence electrons. The minimum absolute atomic E-state index is 0.310. The molecule has 18 heavy (non-hydrogen) atoms. The number of hydrogen-bond donors (Lipinski definition) is 1. The second kappa shape index (κ2) is 5.18. The number of benzene rings is 1. The Bertz CT molecular complexity index is 519. The van der Waals surface area contributed by atoms with Gasteiger partial charge in [-0.1, -0.05) is 5.16 Å². The van der Waals surface area contributed by atoms with E-state index >= 15 is 0 Å². The van der Waals surface area contributed by atoms with E-state index < -0.39 is 0 Å². The first-order valence-electron chi connectivity index (χ1n) is 5.68. The third kappa shape index (κ3) is 3.30. The van der Waals surface area contributed by atoms with Crippen LogP contribution in [0.15, 0.2) is 28.8 Å². The van der Waals surface area contributed by atoms with Crippen molar-refractivity contribution in [3.8, 4) is 0 Å². The zero-order valence-corrected chi connectivity index (χ0v) is 10.5. The number of nitrogens with two attached hydrogens (primary N) is 1. The fourth-order valence-corrected chi connectivity index (χ4v) is 1.90. The van der Waals surface area contributed by atoms with Crippen molar-refractivity contribution in [2.24, 2.45) is 0 Å². The van der Waals surface area contributed by atoms with E-state index in [0.29, 0.717) is 18.8 Å². The largest absolute Gasteiger partial charge is 0.399 e. The third-order valence-electron chi connectivity index (χ3n) is 2.54. The number of nitrogens with zero attached hydrogens (tertiary/aromatic N) is 2. The molecule has 0 radical (unpaired) electrons. The van der Waals surface area contributed by atoms with E-state index in [2.05, 4.69) is 5.16 Å². The second-order valence-electron chi connectivity index (χ2n) is 4.49. The molecule has 0 saturated heterocycles. The molecule has 2 aromatic rings. The van der Waals surface area contributed by atoms with Gasteiger partial charge in [0, 0.05) is 24.8 Å². The highest BCUT2D eigenvalue weighted by atomic mass is 19.1. The van der Waals surface area contributed by atoms with Gasteiger partial charge in [0.15, 0.2) is 0 Å². The fraction of sp³-hybridized carbons (Fsp3) is 0.308. The van der Waals surface area contributed by atoms with E-state index in [1.807, 2.05) is 24.9 Å². The zero-order valence-electron chi connectivity index (χ0n) is 10.5. The summed E-state index contributed by atoms with van der Waals surface area (Å²) in [5, 5.41) is 3.92. The Labute approximate surface area is 105 Å². The summed E-state index contributed by atoms with van der Waals surface area (Å²) in [6.45, 7) is 3.10. The lowest BCUT2D eigenvalue weighted by Gasteiger charge is -2.15. The molecular weight excluding hydrogens is 233 g/mol. The Morgan fingerprint density at radius 2 is 2.06 bits per heavy atom. The quantitative estimate of drug-likeness (QED) is 0.845. The average molecular weight is 249 g/mol. The maximum atomic E-state index is 13.2. The van der Waals surface area contributed by atoms with E-state index in [-0.39, 0.29) is 5.82 Å². The predicted octanol–water partition coefficient (Wildman–Crippen LogP) is 2.34. The summed E-state index contributed by atoms with van der Waals surface area (Å²) in [6.07, 6.45) is 0. The second-order valence-corrected chi connectivity index (χ2v) is 4.49. The smallest absolute Gasteiger partial charge is 0.133 e. The number of halogens is 1.